The molecule has 0 aliphatic rings. The number of aryl methyl sites for hydroxylation is 1. The Bertz CT molecular complexity index is 465. The molecular formula is C12H13BrINO3. The van der Waals surface area contributed by atoms with Gasteiger partial charge in [0.15, 0.2) is 0 Å². The van der Waals surface area contributed by atoms with Gasteiger partial charge in [0.05, 0.1) is 12.7 Å². The average Bonchev–Trinajstić information content (AvgIpc) is 2.37. The number of methoxy groups -OCH3 is 1. The second kappa shape index (κ2) is 7.08. The maximum absolute atomic E-state index is 11.9. The third kappa shape index (κ3) is 3.94. The van der Waals surface area contributed by atoms with Gasteiger partial charge in [0.1, 0.15) is 3.92 Å². The Kier molecular flexibility index (Phi) is 6.07. The summed E-state index contributed by atoms with van der Waals surface area (Å²) in [6.07, 6.45) is 0. The van der Waals surface area contributed by atoms with Crippen LogP contribution < -0.4 is 5.32 Å². The molecule has 0 aliphatic carbocycles. The molecule has 0 bridgehead atoms. The molecule has 0 aromatic heterocycles. The highest BCUT2D eigenvalue weighted by Crippen LogP contribution is 2.20. The fraction of sp³-hybridized carbons (Fsp3) is 0.333. The first-order valence-electron chi connectivity index (χ1n) is 5.22. The molecule has 18 heavy (non-hydrogen) atoms. The fourth-order valence-corrected chi connectivity index (χ4v) is 2.23. The van der Waals surface area contributed by atoms with E-state index in [2.05, 4.69) is 26.0 Å². The largest absolute Gasteiger partial charge is 0.468 e. The lowest BCUT2D eigenvalue weighted by molar-refractivity contribution is -0.139. The molecule has 0 aliphatic heterocycles. The maximum atomic E-state index is 11.9. The smallest absolute Gasteiger partial charge is 0.320 e. The van der Waals surface area contributed by atoms with Crippen molar-refractivity contribution in [2.45, 2.75) is 10.8 Å². The lowest BCUT2D eigenvalue weighted by atomic mass is 10.1. The summed E-state index contributed by atoms with van der Waals surface area (Å²) in [5.74, 6) is -0.560. The first-order chi connectivity index (χ1) is 8.47. The molecule has 0 saturated heterocycles. The van der Waals surface area contributed by atoms with Crippen molar-refractivity contribution in [3.05, 3.63) is 33.8 Å². The van der Waals surface area contributed by atoms with Gasteiger partial charge in [0.2, 0.25) is 0 Å². The molecule has 0 fully saturated rings. The first-order valence-corrected chi connectivity index (χ1v) is 7.26. The van der Waals surface area contributed by atoms with Crippen LogP contribution in [0.1, 0.15) is 15.9 Å². The van der Waals surface area contributed by atoms with Crippen LogP contribution in [0.15, 0.2) is 22.7 Å². The standard InChI is InChI=1S/C12H13BrINO3/c1-7-4-3-5-8(10(7)13)11(16)15-6-9(14)12(17)18-2/h3-5,9H,6H2,1-2H3,(H,15,16). The van der Waals surface area contributed by atoms with Crippen molar-refractivity contribution >= 4 is 50.4 Å². The first kappa shape index (κ1) is 15.4. The van der Waals surface area contributed by atoms with Crippen molar-refractivity contribution in [1.82, 2.24) is 5.32 Å². The van der Waals surface area contributed by atoms with Crippen LogP contribution in [-0.4, -0.2) is 29.5 Å². The highest BCUT2D eigenvalue weighted by molar-refractivity contribution is 14.1. The van der Waals surface area contributed by atoms with Crippen LogP contribution in [0.2, 0.25) is 0 Å². The number of esters is 1. The Labute approximate surface area is 128 Å². The fourth-order valence-electron chi connectivity index (χ4n) is 1.31. The van der Waals surface area contributed by atoms with E-state index in [0.717, 1.165) is 10.0 Å². The van der Waals surface area contributed by atoms with Gasteiger partial charge in [-0.1, -0.05) is 34.7 Å². The Hall–Kier alpha value is -0.630. The van der Waals surface area contributed by atoms with Gasteiger partial charge in [0, 0.05) is 11.0 Å². The number of alkyl halides is 1. The van der Waals surface area contributed by atoms with Gasteiger partial charge in [-0.2, -0.15) is 0 Å². The second-order valence-electron chi connectivity index (χ2n) is 3.64. The summed E-state index contributed by atoms with van der Waals surface area (Å²) in [6, 6.07) is 5.46. The quantitative estimate of drug-likeness (QED) is 0.458. The van der Waals surface area contributed by atoms with Crippen LogP contribution in [-0.2, 0) is 9.53 Å². The highest BCUT2D eigenvalue weighted by Gasteiger charge is 2.17. The number of carbonyl (C=O) groups excluding carboxylic acids is 2. The molecule has 0 heterocycles. The maximum Gasteiger partial charge on any atom is 0.320 e. The van der Waals surface area contributed by atoms with Crippen molar-refractivity contribution in [2.75, 3.05) is 13.7 Å². The number of hydrogen-bond acceptors (Lipinski definition) is 3. The van der Waals surface area contributed by atoms with E-state index in [1.165, 1.54) is 7.11 Å². The normalized spacial score (nSPS) is 11.8. The Morgan fingerprint density at radius 2 is 2.17 bits per heavy atom. The summed E-state index contributed by atoms with van der Waals surface area (Å²) >= 11 is 5.31. The summed E-state index contributed by atoms with van der Waals surface area (Å²) in [6.45, 7) is 2.16. The van der Waals surface area contributed by atoms with Gasteiger partial charge >= 0.3 is 5.97 Å². The van der Waals surface area contributed by atoms with Crippen molar-refractivity contribution in [2.24, 2.45) is 0 Å². The molecule has 0 spiro atoms. The lowest BCUT2D eigenvalue weighted by Gasteiger charge is -2.11. The molecule has 1 rings (SSSR count). The van der Waals surface area contributed by atoms with E-state index in [4.69, 9.17) is 0 Å². The average molecular weight is 426 g/mol. The molecule has 6 heteroatoms. The third-order valence-electron chi connectivity index (χ3n) is 2.34. The molecule has 0 saturated carbocycles. The topological polar surface area (TPSA) is 55.4 Å². The van der Waals surface area contributed by atoms with Gasteiger partial charge in [-0.05, 0) is 34.5 Å². The number of carbonyl (C=O) groups is 2. The zero-order valence-corrected chi connectivity index (χ0v) is 13.7. The Morgan fingerprint density at radius 3 is 2.78 bits per heavy atom. The minimum Gasteiger partial charge on any atom is -0.468 e. The van der Waals surface area contributed by atoms with Crippen molar-refractivity contribution in [3.8, 4) is 0 Å². The zero-order chi connectivity index (χ0) is 13.7. The molecule has 0 radical (unpaired) electrons. The van der Waals surface area contributed by atoms with Gasteiger partial charge in [-0.3, -0.25) is 9.59 Å². The van der Waals surface area contributed by atoms with Crippen LogP contribution in [0.4, 0.5) is 0 Å². The van der Waals surface area contributed by atoms with Crippen LogP contribution in [0.25, 0.3) is 0 Å². The zero-order valence-electron chi connectivity index (χ0n) is 10.00. The summed E-state index contributed by atoms with van der Waals surface area (Å²) in [5.41, 5.74) is 1.55. The monoisotopic (exact) mass is 425 g/mol. The minimum absolute atomic E-state index is 0.212. The second-order valence-corrected chi connectivity index (χ2v) is 5.93. The molecule has 1 aromatic carbocycles. The van der Waals surface area contributed by atoms with Gasteiger partial charge in [-0.25, -0.2) is 0 Å². The van der Waals surface area contributed by atoms with Gasteiger partial charge in [0.25, 0.3) is 5.91 Å². The Balaban J connectivity index is 2.66. The highest BCUT2D eigenvalue weighted by atomic mass is 127. The van der Waals surface area contributed by atoms with Gasteiger partial charge in [-0.15, -0.1) is 0 Å². The number of halogens is 2. The molecule has 98 valence electrons. The van der Waals surface area contributed by atoms with Gasteiger partial charge < -0.3 is 10.1 Å². The number of amides is 1. The van der Waals surface area contributed by atoms with E-state index < -0.39 is 0 Å². The van der Waals surface area contributed by atoms with Crippen molar-refractivity contribution in [3.63, 3.8) is 0 Å². The number of rotatable bonds is 4. The van der Waals surface area contributed by atoms with Crippen molar-refractivity contribution < 1.29 is 14.3 Å². The lowest BCUT2D eigenvalue weighted by Crippen LogP contribution is -2.34. The summed E-state index contributed by atoms with van der Waals surface area (Å²) in [5, 5.41) is 2.70. The van der Waals surface area contributed by atoms with Crippen LogP contribution >= 0.6 is 38.5 Å². The van der Waals surface area contributed by atoms with E-state index >= 15 is 0 Å². The summed E-state index contributed by atoms with van der Waals surface area (Å²) in [7, 11) is 1.33. The molecule has 1 N–H and O–H groups in total. The Morgan fingerprint density at radius 1 is 1.50 bits per heavy atom. The SMILES string of the molecule is COC(=O)C(I)CNC(=O)c1cccc(C)c1Br. The summed E-state index contributed by atoms with van der Waals surface area (Å²) in [4.78, 5) is 23.1. The molecule has 1 aromatic rings. The van der Waals surface area contributed by atoms with Crippen LogP contribution in [0, 0.1) is 6.92 Å². The minimum atomic E-state index is -0.389. The van der Waals surface area contributed by atoms with Crippen LogP contribution in [0.3, 0.4) is 0 Å². The predicted molar refractivity (Wildman–Crippen MR) is 81.0 cm³/mol. The predicted octanol–water partition coefficient (Wildman–Crippen LogP) is 2.46. The summed E-state index contributed by atoms with van der Waals surface area (Å²) < 4.78 is 4.97. The molecule has 1 amide bonds. The van der Waals surface area contributed by atoms with E-state index in [9.17, 15) is 9.59 Å². The molecule has 1 atom stereocenters. The molecular weight excluding hydrogens is 413 g/mol. The van der Waals surface area contributed by atoms with E-state index in [1.807, 2.05) is 41.6 Å². The molecule has 1 unspecified atom stereocenters. The van der Waals surface area contributed by atoms with E-state index in [1.54, 1.807) is 6.07 Å². The van der Waals surface area contributed by atoms with E-state index in [-0.39, 0.29) is 22.3 Å². The van der Waals surface area contributed by atoms with Crippen molar-refractivity contribution in [1.29, 1.82) is 0 Å². The number of nitrogens with one attached hydrogen (secondary N) is 1. The number of ether oxygens (including phenoxy) is 1. The molecule has 4 nitrogen and oxygen atoms in total. The number of benzene rings is 1. The third-order valence-corrected chi connectivity index (χ3v) is 4.34. The van der Waals surface area contributed by atoms with Crippen LogP contribution in [0.5, 0.6) is 0 Å². The number of hydrogen-bond donors (Lipinski definition) is 1. The van der Waals surface area contributed by atoms with E-state index in [0.29, 0.717) is 5.56 Å².